The van der Waals surface area contributed by atoms with Crippen LogP contribution in [0, 0.1) is 5.41 Å². The fourth-order valence-corrected chi connectivity index (χ4v) is 3.41. The summed E-state index contributed by atoms with van der Waals surface area (Å²) in [5.74, 6) is -1.68. The molecule has 1 aliphatic rings. The molecule has 1 unspecified atom stereocenters. The van der Waals surface area contributed by atoms with Gasteiger partial charge in [-0.3, -0.25) is 4.79 Å². The third-order valence-electron chi connectivity index (χ3n) is 3.33. The number of aliphatic carboxylic acids is 1. The van der Waals surface area contributed by atoms with E-state index in [4.69, 9.17) is 0 Å². The smallest absolute Gasteiger partial charge is 0.326 e. The van der Waals surface area contributed by atoms with Crippen LogP contribution in [0.1, 0.15) is 33.6 Å². The topological polar surface area (TPSA) is 104 Å². The van der Waals surface area contributed by atoms with Gasteiger partial charge in [0, 0.05) is 6.54 Å². The lowest BCUT2D eigenvalue weighted by Crippen LogP contribution is -2.54. The van der Waals surface area contributed by atoms with Crippen molar-refractivity contribution in [2.24, 2.45) is 5.41 Å². The number of carbonyl (C=O) groups excluding carboxylic acids is 1. The molecule has 0 aromatic heterocycles. The number of carboxylic acids is 1. The van der Waals surface area contributed by atoms with Crippen LogP contribution in [0.5, 0.6) is 0 Å². The molecule has 0 spiro atoms. The highest BCUT2D eigenvalue weighted by Crippen LogP contribution is 2.23. The van der Waals surface area contributed by atoms with Crippen LogP contribution in [0.15, 0.2) is 0 Å². The highest BCUT2D eigenvalue weighted by atomic mass is 32.2. The number of amides is 1. The van der Waals surface area contributed by atoms with E-state index in [0.29, 0.717) is 19.4 Å². The number of carbonyl (C=O) groups is 2. The first-order valence-electron chi connectivity index (χ1n) is 6.44. The van der Waals surface area contributed by atoms with Crippen LogP contribution in [0.3, 0.4) is 0 Å². The summed E-state index contributed by atoms with van der Waals surface area (Å²) < 4.78 is 24.3. The minimum atomic E-state index is -3.46. The molecule has 0 aromatic carbocycles. The molecule has 2 N–H and O–H groups in total. The van der Waals surface area contributed by atoms with Crippen molar-refractivity contribution in [2.75, 3.05) is 12.8 Å². The van der Waals surface area contributed by atoms with E-state index in [-0.39, 0.29) is 0 Å². The summed E-state index contributed by atoms with van der Waals surface area (Å²) in [5, 5.41) is 11.6. The summed E-state index contributed by atoms with van der Waals surface area (Å²) >= 11 is 0. The molecule has 8 heteroatoms. The second-order valence-corrected chi connectivity index (χ2v) is 8.11. The first-order valence-corrected chi connectivity index (χ1v) is 8.29. The third kappa shape index (κ3) is 3.92. The fourth-order valence-electron chi connectivity index (χ4n) is 2.29. The monoisotopic (exact) mass is 306 g/mol. The Balaban J connectivity index is 2.87. The zero-order valence-corrected chi connectivity index (χ0v) is 13.0. The Hall–Kier alpha value is -1.15. The fraction of sp³-hybridized carbons (Fsp3) is 0.833. The Kier molecular flexibility index (Phi) is 4.81. The molecule has 0 aromatic rings. The van der Waals surface area contributed by atoms with Crippen LogP contribution in [-0.4, -0.2) is 54.6 Å². The molecule has 1 saturated heterocycles. The average Bonchev–Trinajstić information content (AvgIpc) is 2.71. The maximum absolute atomic E-state index is 12.2. The highest BCUT2D eigenvalue weighted by Gasteiger charge is 2.40. The van der Waals surface area contributed by atoms with Gasteiger partial charge < -0.3 is 10.4 Å². The quantitative estimate of drug-likeness (QED) is 0.762. The van der Waals surface area contributed by atoms with E-state index in [9.17, 15) is 23.1 Å². The molecule has 1 heterocycles. The largest absolute Gasteiger partial charge is 0.480 e. The predicted molar refractivity (Wildman–Crippen MR) is 73.6 cm³/mol. The molecule has 0 radical (unpaired) electrons. The van der Waals surface area contributed by atoms with Gasteiger partial charge in [0.15, 0.2) is 0 Å². The number of hydrogen-bond acceptors (Lipinski definition) is 4. The second-order valence-electron chi connectivity index (χ2n) is 6.18. The molecule has 0 bridgehead atoms. The van der Waals surface area contributed by atoms with Crippen molar-refractivity contribution in [3.63, 3.8) is 0 Å². The first-order chi connectivity index (χ1) is 8.94. The zero-order valence-electron chi connectivity index (χ0n) is 12.2. The predicted octanol–water partition coefficient (Wildman–Crippen LogP) is 0.0259. The SMILES string of the molecule is CC(C)(C)[C@@H](NC(=O)C1CCCN1S(C)(=O)=O)C(=O)O. The zero-order chi connectivity index (χ0) is 15.7. The average molecular weight is 306 g/mol. The number of rotatable bonds is 4. The summed E-state index contributed by atoms with van der Waals surface area (Å²) in [7, 11) is -3.46. The van der Waals surface area contributed by atoms with Gasteiger partial charge >= 0.3 is 5.97 Å². The van der Waals surface area contributed by atoms with Gasteiger partial charge in [0.1, 0.15) is 12.1 Å². The molecule has 2 atom stereocenters. The summed E-state index contributed by atoms with van der Waals surface area (Å²) in [4.78, 5) is 23.4. The number of nitrogens with one attached hydrogen (secondary N) is 1. The molecule has 1 amide bonds. The van der Waals surface area contributed by atoms with Crippen molar-refractivity contribution in [1.82, 2.24) is 9.62 Å². The van der Waals surface area contributed by atoms with Crippen LogP contribution in [0.4, 0.5) is 0 Å². The Morgan fingerprint density at radius 3 is 2.30 bits per heavy atom. The van der Waals surface area contributed by atoms with Gasteiger partial charge in [-0.15, -0.1) is 0 Å². The summed E-state index contributed by atoms with van der Waals surface area (Å²) in [6.07, 6.45) is 2.06. The van der Waals surface area contributed by atoms with Gasteiger partial charge in [-0.2, -0.15) is 4.31 Å². The van der Waals surface area contributed by atoms with E-state index in [1.54, 1.807) is 20.8 Å². The maximum atomic E-state index is 12.2. The van der Waals surface area contributed by atoms with Gasteiger partial charge in [-0.05, 0) is 18.3 Å². The highest BCUT2D eigenvalue weighted by molar-refractivity contribution is 7.88. The van der Waals surface area contributed by atoms with Gasteiger partial charge in [0.05, 0.1) is 6.26 Å². The van der Waals surface area contributed by atoms with Crippen molar-refractivity contribution >= 4 is 21.9 Å². The van der Waals surface area contributed by atoms with E-state index in [0.717, 1.165) is 10.6 Å². The minimum absolute atomic E-state index is 0.296. The Labute approximate surface area is 119 Å². The lowest BCUT2D eigenvalue weighted by Gasteiger charge is -2.30. The number of sulfonamides is 1. The molecule has 7 nitrogen and oxygen atoms in total. The second kappa shape index (κ2) is 5.69. The normalized spacial score (nSPS) is 22.5. The number of nitrogens with zero attached hydrogens (tertiary/aromatic N) is 1. The Morgan fingerprint density at radius 2 is 1.90 bits per heavy atom. The molecule has 1 aliphatic heterocycles. The van der Waals surface area contributed by atoms with Gasteiger partial charge in [0.25, 0.3) is 0 Å². The van der Waals surface area contributed by atoms with E-state index < -0.39 is 39.4 Å². The summed E-state index contributed by atoms with van der Waals surface area (Å²) in [6.45, 7) is 5.41. The van der Waals surface area contributed by atoms with Crippen LogP contribution >= 0.6 is 0 Å². The van der Waals surface area contributed by atoms with Crippen molar-refractivity contribution in [3.8, 4) is 0 Å². The Bertz CT molecular complexity index is 494. The van der Waals surface area contributed by atoms with Crippen LogP contribution < -0.4 is 5.32 Å². The van der Waals surface area contributed by atoms with E-state index in [2.05, 4.69) is 5.32 Å². The third-order valence-corrected chi connectivity index (χ3v) is 4.62. The van der Waals surface area contributed by atoms with Crippen LogP contribution in [0.25, 0.3) is 0 Å². The molecule has 20 heavy (non-hydrogen) atoms. The van der Waals surface area contributed by atoms with Gasteiger partial charge in [0.2, 0.25) is 15.9 Å². The van der Waals surface area contributed by atoms with Crippen molar-refractivity contribution < 1.29 is 23.1 Å². The van der Waals surface area contributed by atoms with Crippen LogP contribution in [0.2, 0.25) is 0 Å². The van der Waals surface area contributed by atoms with Gasteiger partial charge in [-0.1, -0.05) is 20.8 Å². The lowest BCUT2D eigenvalue weighted by atomic mass is 9.86. The molecule has 1 rings (SSSR count). The van der Waals surface area contributed by atoms with Gasteiger partial charge in [-0.25, -0.2) is 13.2 Å². The minimum Gasteiger partial charge on any atom is -0.480 e. The summed E-state index contributed by atoms with van der Waals surface area (Å²) in [5.41, 5.74) is -0.657. The molecular weight excluding hydrogens is 284 g/mol. The molecule has 1 fully saturated rings. The van der Waals surface area contributed by atoms with Crippen molar-refractivity contribution in [2.45, 2.75) is 45.7 Å². The van der Waals surface area contributed by atoms with Crippen molar-refractivity contribution in [3.05, 3.63) is 0 Å². The maximum Gasteiger partial charge on any atom is 0.326 e. The van der Waals surface area contributed by atoms with Crippen LogP contribution in [-0.2, 0) is 19.6 Å². The van der Waals surface area contributed by atoms with E-state index in [1.807, 2.05) is 0 Å². The lowest BCUT2D eigenvalue weighted by molar-refractivity contribution is -0.145. The first kappa shape index (κ1) is 16.9. The molecule has 0 aliphatic carbocycles. The number of carboxylic acid groups (broad SMARTS) is 1. The van der Waals surface area contributed by atoms with Crippen molar-refractivity contribution in [1.29, 1.82) is 0 Å². The molecular formula is C12H22N2O5S. The standard InChI is InChI=1S/C12H22N2O5S/c1-12(2,3)9(11(16)17)13-10(15)8-6-5-7-14(8)20(4,18)19/h8-9H,5-7H2,1-4H3,(H,13,15)(H,16,17)/t8?,9-/m0/s1. The number of hydrogen-bond donors (Lipinski definition) is 2. The summed E-state index contributed by atoms with van der Waals surface area (Å²) in [6, 6.07) is -1.87. The van der Waals surface area contributed by atoms with E-state index >= 15 is 0 Å². The molecule has 116 valence electrons. The Morgan fingerprint density at radius 1 is 1.35 bits per heavy atom. The molecule has 0 saturated carbocycles. The van der Waals surface area contributed by atoms with E-state index in [1.165, 1.54) is 0 Å².